The highest BCUT2D eigenvalue weighted by Gasteiger charge is 2.32. The molecule has 11 heteroatoms. The first kappa shape index (κ1) is 23.8. The van der Waals surface area contributed by atoms with Crippen LogP contribution in [0.4, 0.5) is 18.9 Å². The van der Waals surface area contributed by atoms with Crippen LogP contribution in [-0.4, -0.2) is 27.6 Å². The first-order chi connectivity index (χ1) is 15.6. The van der Waals surface area contributed by atoms with Crippen LogP contribution in [0.3, 0.4) is 0 Å². The molecule has 0 aliphatic carbocycles. The lowest BCUT2D eigenvalue weighted by Gasteiger charge is -2.12. The van der Waals surface area contributed by atoms with Crippen LogP contribution in [0.5, 0.6) is 5.75 Å². The molecule has 0 aromatic heterocycles. The minimum absolute atomic E-state index is 0.0563. The van der Waals surface area contributed by atoms with E-state index < -0.39 is 27.7 Å². The monoisotopic (exact) mass is 477 g/mol. The zero-order valence-corrected chi connectivity index (χ0v) is 17.9. The molecular formula is C22H18F3N3O4S. The van der Waals surface area contributed by atoms with Gasteiger partial charge in [0.2, 0.25) is 0 Å². The third-order valence-electron chi connectivity index (χ3n) is 4.39. The Hall–Kier alpha value is -3.86. The number of hydrogen-bond donors (Lipinski definition) is 2. The van der Waals surface area contributed by atoms with Crippen LogP contribution < -0.4 is 14.9 Å². The Morgan fingerprint density at radius 1 is 1.00 bits per heavy atom. The minimum Gasteiger partial charge on any atom is -0.495 e. The summed E-state index contributed by atoms with van der Waals surface area (Å²) in [6, 6.07) is 16.2. The molecular weight excluding hydrogens is 459 g/mol. The van der Waals surface area contributed by atoms with E-state index in [9.17, 15) is 26.4 Å². The second-order valence-electron chi connectivity index (χ2n) is 6.62. The van der Waals surface area contributed by atoms with Crippen LogP contribution in [0.1, 0.15) is 21.5 Å². The number of carbonyl (C=O) groups is 1. The van der Waals surface area contributed by atoms with Gasteiger partial charge in [0.05, 0.1) is 29.5 Å². The van der Waals surface area contributed by atoms with Gasteiger partial charge >= 0.3 is 6.18 Å². The molecule has 3 aromatic rings. The highest BCUT2D eigenvalue weighted by Crippen LogP contribution is 2.31. The van der Waals surface area contributed by atoms with Gasteiger partial charge in [-0.3, -0.25) is 9.52 Å². The van der Waals surface area contributed by atoms with Crippen LogP contribution in [0.15, 0.2) is 82.8 Å². The van der Waals surface area contributed by atoms with E-state index in [1.54, 1.807) is 18.2 Å². The lowest BCUT2D eigenvalue weighted by molar-refractivity contribution is -0.137. The molecule has 33 heavy (non-hydrogen) atoms. The van der Waals surface area contributed by atoms with Gasteiger partial charge < -0.3 is 4.74 Å². The fraction of sp³-hybridized carbons (Fsp3) is 0.0909. The average molecular weight is 477 g/mol. The summed E-state index contributed by atoms with van der Waals surface area (Å²) in [5, 5.41) is 3.57. The quantitative estimate of drug-likeness (QED) is 0.392. The van der Waals surface area contributed by atoms with Crippen molar-refractivity contribution in [3.8, 4) is 5.75 Å². The number of para-hydroxylation sites is 2. The molecule has 0 spiro atoms. The summed E-state index contributed by atoms with van der Waals surface area (Å²) in [7, 11) is -2.67. The summed E-state index contributed by atoms with van der Waals surface area (Å²) in [4.78, 5) is 12.2. The van der Waals surface area contributed by atoms with Crippen LogP contribution in [-0.2, 0) is 16.2 Å². The van der Waals surface area contributed by atoms with E-state index in [0.717, 1.165) is 18.3 Å². The summed E-state index contributed by atoms with van der Waals surface area (Å²) in [6.45, 7) is 0. The number of ether oxygens (including phenoxy) is 1. The maximum atomic E-state index is 13.0. The normalized spacial score (nSPS) is 11.9. The number of sulfonamides is 1. The number of carbonyl (C=O) groups excluding carboxylic acids is 1. The summed E-state index contributed by atoms with van der Waals surface area (Å²) >= 11 is 0. The molecule has 0 aliphatic heterocycles. The summed E-state index contributed by atoms with van der Waals surface area (Å²) in [6.07, 6.45) is -3.71. The Morgan fingerprint density at radius 2 is 1.70 bits per heavy atom. The van der Waals surface area contributed by atoms with Gasteiger partial charge in [-0.2, -0.15) is 18.3 Å². The molecule has 0 saturated heterocycles. The summed E-state index contributed by atoms with van der Waals surface area (Å²) in [5.41, 5.74) is 1.12. The predicted octanol–water partition coefficient (Wildman–Crippen LogP) is 4.28. The molecule has 0 radical (unpaired) electrons. The molecule has 0 heterocycles. The van der Waals surface area contributed by atoms with Crippen LogP contribution in [0, 0.1) is 0 Å². The first-order valence-corrected chi connectivity index (χ1v) is 10.9. The fourth-order valence-electron chi connectivity index (χ4n) is 2.83. The SMILES string of the molecule is COc1ccccc1NS(=O)(=O)c1cccc(C(=O)N/N=C/c2ccccc2C(F)(F)F)c1. The number of nitrogens with zero attached hydrogens (tertiary/aromatic N) is 1. The Kier molecular flexibility index (Phi) is 7.02. The molecule has 0 fully saturated rings. The van der Waals surface area contributed by atoms with Crippen molar-refractivity contribution in [2.45, 2.75) is 11.1 Å². The Balaban J connectivity index is 1.77. The second kappa shape index (κ2) is 9.74. The van der Waals surface area contributed by atoms with Gasteiger partial charge in [-0.25, -0.2) is 13.8 Å². The van der Waals surface area contributed by atoms with Gasteiger partial charge in [0.25, 0.3) is 15.9 Å². The van der Waals surface area contributed by atoms with Gasteiger partial charge in [-0.1, -0.05) is 36.4 Å². The van der Waals surface area contributed by atoms with E-state index in [0.29, 0.717) is 5.75 Å². The number of hydrazone groups is 1. The number of anilines is 1. The van der Waals surface area contributed by atoms with Gasteiger partial charge in [-0.05, 0) is 36.4 Å². The van der Waals surface area contributed by atoms with Crippen molar-refractivity contribution in [2.75, 3.05) is 11.8 Å². The third-order valence-corrected chi connectivity index (χ3v) is 5.76. The number of rotatable bonds is 7. The zero-order chi connectivity index (χ0) is 24.1. The standard InChI is InChI=1S/C22H18F3N3O4S/c1-32-20-12-5-4-11-19(20)28-33(30,31)17-9-6-8-15(13-17)21(29)27-26-14-16-7-2-3-10-18(16)22(23,24)25/h2-14,28H,1H3,(H,27,29)/b26-14+. The molecule has 1 amide bonds. The Morgan fingerprint density at radius 3 is 2.42 bits per heavy atom. The van der Waals surface area contributed by atoms with Gasteiger partial charge in [0, 0.05) is 11.1 Å². The Bertz CT molecular complexity index is 1290. The van der Waals surface area contributed by atoms with E-state index in [2.05, 4.69) is 15.2 Å². The predicted molar refractivity (Wildman–Crippen MR) is 117 cm³/mol. The summed E-state index contributed by atoms with van der Waals surface area (Å²) < 4.78 is 72.1. The van der Waals surface area contributed by atoms with Gasteiger partial charge in [-0.15, -0.1) is 0 Å². The third kappa shape index (κ3) is 5.89. The fourth-order valence-corrected chi connectivity index (χ4v) is 3.95. The van der Waals surface area contributed by atoms with Crippen molar-refractivity contribution >= 4 is 27.8 Å². The first-order valence-electron chi connectivity index (χ1n) is 9.37. The zero-order valence-electron chi connectivity index (χ0n) is 17.1. The molecule has 2 N–H and O–H groups in total. The van der Waals surface area contributed by atoms with E-state index in [4.69, 9.17) is 4.74 Å². The summed E-state index contributed by atoms with van der Waals surface area (Å²) in [5.74, 6) is -0.492. The van der Waals surface area contributed by atoms with Crippen LogP contribution in [0.2, 0.25) is 0 Å². The van der Waals surface area contributed by atoms with E-state index in [-0.39, 0.29) is 21.7 Å². The number of amides is 1. The number of methoxy groups -OCH3 is 1. The molecule has 0 aliphatic rings. The molecule has 0 unspecified atom stereocenters. The highest BCUT2D eigenvalue weighted by atomic mass is 32.2. The number of hydrogen-bond acceptors (Lipinski definition) is 5. The van der Waals surface area contributed by atoms with Gasteiger partial charge in [0.1, 0.15) is 5.75 Å². The van der Waals surface area contributed by atoms with E-state index >= 15 is 0 Å². The number of benzene rings is 3. The maximum absolute atomic E-state index is 13.0. The minimum atomic E-state index is -4.58. The lowest BCUT2D eigenvalue weighted by Crippen LogP contribution is -2.19. The van der Waals surface area contributed by atoms with Gasteiger partial charge in [0.15, 0.2) is 0 Å². The lowest BCUT2D eigenvalue weighted by atomic mass is 10.1. The van der Waals surface area contributed by atoms with E-state index in [1.165, 1.54) is 49.6 Å². The maximum Gasteiger partial charge on any atom is 0.417 e. The molecule has 0 bridgehead atoms. The molecule has 7 nitrogen and oxygen atoms in total. The van der Waals surface area contributed by atoms with Crippen molar-refractivity contribution in [2.24, 2.45) is 5.10 Å². The topological polar surface area (TPSA) is 96.9 Å². The van der Waals surface area contributed by atoms with Crippen molar-refractivity contribution in [1.29, 1.82) is 0 Å². The molecule has 0 atom stereocenters. The molecule has 172 valence electrons. The van der Waals surface area contributed by atoms with Crippen molar-refractivity contribution in [3.63, 3.8) is 0 Å². The largest absolute Gasteiger partial charge is 0.495 e. The number of nitrogens with one attached hydrogen (secondary N) is 2. The van der Waals surface area contributed by atoms with Crippen molar-refractivity contribution in [3.05, 3.63) is 89.5 Å². The van der Waals surface area contributed by atoms with Crippen LogP contribution in [0.25, 0.3) is 0 Å². The molecule has 3 aromatic carbocycles. The highest BCUT2D eigenvalue weighted by molar-refractivity contribution is 7.92. The number of halogens is 3. The second-order valence-corrected chi connectivity index (χ2v) is 8.30. The van der Waals surface area contributed by atoms with Crippen molar-refractivity contribution in [1.82, 2.24) is 5.43 Å². The van der Waals surface area contributed by atoms with E-state index in [1.807, 2.05) is 0 Å². The Labute approximate surface area is 188 Å². The van der Waals surface area contributed by atoms with Crippen molar-refractivity contribution < 1.29 is 31.1 Å². The number of alkyl halides is 3. The smallest absolute Gasteiger partial charge is 0.417 e. The average Bonchev–Trinajstić information content (AvgIpc) is 2.79. The molecule has 0 saturated carbocycles. The molecule has 3 rings (SSSR count). The van der Waals surface area contributed by atoms with Crippen LogP contribution >= 0.6 is 0 Å².